The lowest BCUT2D eigenvalue weighted by Gasteiger charge is -2.10. The van der Waals surface area contributed by atoms with Crippen molar-refractivity contribution in [3.63, 3.8) is 0 Å². The summed E-state index contributed by atoms with van der Waals surface area (Å²) in [4.78, 5) is 11.2. The Morgan fingerprint density at radius 3 is 2.60 bits per heavy atom. The molecule has 1 rings (SSSR count). The van der Waals surface area contributed by atoms with Crippen LogP contribution in [0.5, 0.6) is 0 Å². The summed E-state index contributed by atoms with van der Waals surface area (Å²) < 4.78 is 0. The van der Waals surface area contributed by atoms with Crippen LogP contribution in [0.3, 0.4) is 0 Å². The van der Waals surface area contributed by atoms with E-state index in [-0.39, 0.29) is 0 Å². The molecule has 0 bridgehead atoms. The first-order valence-electron chi connectivity index (χ1n) is 7.29. The summed E-state index contributed by atoms with van der Waals surface area (Å²) >= 11 is 0. The van der Waals surface area contributed by atoms with Crippen molar-refractivity contribution in [3.8, 4) is 0 Å². The van der Waals surface area contributed by atoms with E-state index >= 15 is 0 Å². The van der Waals surface area contributed by atoms with Crippen molar-refractivity contribution >= 4 is 12.0 Å². The molecule has 2 heteroatoms. The zero-order chi connectivity index (χ0) is 14.8. The summed E-state index contributed by atoms with van der Waals surface area (Å²) in [6, 6.07) is 9.89. The van der Waals surface area contributed by atoms with Gasteiger partial charge in [-0.25, -0.2) is 4.79 Å². The highest BCUT2D eigenvalue weighted by atomic mass is 16.4. The summed E-state index contributed by atoms with van der Waals surface area (Å²) in [5.74, 6) is -0.395. The first-order valence-corrected chi connectivity index (χ1v) is 7.29. The van der Waals surface area contributed by atoms with Gasteiger partial charge in [0.2, 0.25) is 0 Å². The van der Waals surface area contributed by atoms with Crippen LogP contribution in [0.4, 0.5) is 0 Å². The number of benzene rings is 1. The number of unbranched alkanes of at least 4 members (excludes halogenated alkanes) is 1. The Bertz CT molecular complexity index is 458. The van der Waals surface area contributed by atoms with Gasteiger partial charge in [-0.05, 0) is 17.9 Å². The van der Waals surface area contributed by atoms with Crippen molar-refractivity contribution in [2.24, 2.45) is 5.92 Å². The molecule has 0 radical (unpaired) electrons. The van der Waals surface area contributed by atoms with E-state index in [1.807, 2.05) is 42.5 Å². The molecule has 0 saturated heterocycles. The Labute approximate surface area is 121 Å². The van der Waals surface area contributed by atoms with Gasteiger partial charge in [0.25, 0.3) is 0 Å². The lowest BCUT2D eigenvalue weighted by molar-refractivity contribution is -0.132. The zero-order valence-corrected chi connectivity index (χ0v) is 12.4. The van der Waals surface area contributed by atoms with Gasteiger partial charge in [0, 0.05) is 5.57 Å². The van der Waals surface area contributed by atoms with Crippen molar-refractivity contribution < 1.29 is 9.90 Å². The van der Waals surface area contributed by atoms with Gasteiger partial charge in [0.1, 0.15) is 0 Å². The highest BCUT2D eigenvalue weighted by Gasteiger charge is 2.11. The van der Waals surface area contributed by atoms with E-state index in [9.17, 15) is 9.90 Å². The summed E-state index contributed by atoms with van der Waals surface area (Å²) in [6.45, 7) is 4.27. The maximum absolute atomic E-state index is 11.2. The van der Waals surface area contributed by atoms with Gasteiger partial charge in [-0.2, -0.15) is 0 Å². The van der Waals surface area contributed by atoms with E-state index < -0.39 is 5.97 Å². The van der Waals surface area contributed by atoms with Crippen LogP contribution in [0.2, 0.25) is 0 Å². The van der Waals surface area contributed by atoms with Crippen molar-refractivity contribution in [2.45, 2.75) is 39.5 Å². The van der Waals surface area contributed by atoms with Crippen LogP contribution in [-0.4, -0.2) is 11.1 Å². The second-order valence-electron chi connectivity index (χ2n) is 5.22. The van der Waals surface area contributed by atoms with Crippen LogP contribution in [0, 0.1) is 5.92 Å². The van der Waals surface area contributed by atoms with Crippen LogP contribution >= 0.6 is 0 Å². The molecule has 1 aromatic carbocycles. The van der Waals surface area contributed by atoms with Gasteiger partial charge in [-0.1, -0.05) is 81.7 Å². The molecule has 1 N–H and O–H groups in total. The summed E-state index contributed by atoms with van der Waals surface area (Å²) in [5, 5.41) is 9.24. The number of hydrogen-bond donors (Lipinski definition) is 1. The number of hydrogen-bond acceptors (Lipinski definition) is 1. The minimum Gasteiger partial charge on any atom is -0.478 e. The van der Waals surface area contributed by atoms with E-state index in [0.29, 0.717) is 17.9 Å². The molecule has 1 aromatic rings. The van der Waals surface area contributed by atoms with Crippen LogP contribution < -0.4 is 0 Å². The summed E-state index contributed by atoms with van der Waals surface area (Å²) in [5.41, 5.74) is 1.56. The normalized spacial score (nSPS) is 13.6. The van der Waals surface area contributed by atoms with Crippen LogP contribution in [0.25, 0.3) is 6.08 Å². The molecule has 0 heterocycles. The zero-order valence-electron chi connectivity index (χ0n) is 12.4. The average Bonchev–Trinajstić information content (AvgIpc) is 2.45. The second kappa shape index (κ2) is 9.13. The molecule has 0 aliphatic heterocycles. The first kappa shape index (κ1) is 16.2. The largest absolute Gasteiger partial charge is 0.478 e. The Morgan fingerprint density at radius 2 is 2.00 bits per heavy atom. The molecule has 0 saturated carbocycles. The van der Waals surface area contributed by atoms with E-state index in [1.165, 1.54) is 0 Å². The van der Waals surface area contributed by atoms with Crippen LogP contribution in [-0.2, 0) is 4.79 Å². The highest BCUT2D eigenvalue weighted by Crippen LogP contribution is 2.18. The molecule has 0 spiro atoms. The average molecular weight is 272 g/mol. The Kier molecular flexibility index (Phi) is 7.41. The predicted octanol–water partition coefficient (Wildman–Crippen LogP) is 4.93. The first-order chi connectivity index (χ1) is 9.63. The van der Waals surface area contributed by atoms with E-state index in [0.717, 1.165) is 24.8 Å². The number of carbonyl (C=O) groups is 1. The highest BCUT2D eigenvalue weighted by molar-refractivity contribution is 5.87. The van der Waals surface area contributed by atoms with Gasteiger partial charge in [0.05, 0.1) is 0 Å². The second-order valence-corrected chi connectivity index (χ2v) is 5.22. The number of aliphatic carboxylic acids is 1. The smallest absolute Gasteiger partial charge is 0.331 e. The fourth-order valence-corrected chi connectivity index (χ4v) is 2.10. The van der Waals surface area contributed by atoms with Crippen LogP contribution in [0.15, 0.2) is 48.1 Å². The molecule has 0 fully saturated rings. The number of rotatable bonds is 8. The molecule has 0 aliphatic carbocycles. The third-order valence-electron chi connectivity index (χ3n) is 3.28. The van der Waals surface area contributed by atoms with Gasteiger partial charge >= 0.3 is 5.97 Å². The number of carboxylic acids is 1. The SMILES string of the molecule is CCCCC(C)CC(=CC=Cc1ccccc1)C(=O)O. The van der Waals surface area contributed by atoms with E-state index in [2.05, 4.69) is 13.8 Å². The summed E-state index contributed by atoms with van der Waals surface area (Å²) in [7, 11) is 0. The van der Waals surface area contributed by atoms with E-state index in [1.54, 1.807) is 6.08 Å². The summed E-state index contributed by atoms with van der Waals surface area (Å²) in [6.07, 6.45) is 9.51. The van der Waals surface area contributed by atoms with Crippen molar-refractivity contribution in [2.75, 3.05) is 0 Å². The van der Waals surface area contributed by atoms with Gasteiger partial charge in [-0.15, -0.1) is 0 Å². The molecular weight excluding hydrogens is 248 g/mol. The topological polar surface area (TPSA) is 37.3 Å². The Hall–Kier alpha value is -1.83. The Balaban J connectivity index is 2.63. The third kappa shape index (κ3) is 6.37. The predicted molar refractivity (Wildman–Crippen MR) is 84.5 cm³/mol. The van der Waals surface area contributed by atoms with Gasteiger partial charge in [-0.3, -0.25) is 0 Å². The van der Waals surface area contributed by atoms with Crippen molar-refractivity contribution in [1.29, 1.82) is 0 Å². The standard InChI is InChI=1S/C18H24O2/c1-3-4-9-15(2)14-17(18(19)20)13-8-12-16-10-6-5-7-11-16/h5-8,10-13,15H,3-4,9,14H2,1-2H3,(H,19,20). The lowest BCUT2D eigenvalue weighted by Crippen LogP contribution is -2.05. The molecule has 0 amide bonds. The lowest BCUT2D eigenvalue weighted by atomic mass is 9.95. The molecule has 20 heavy (non-hydrogen) atoms. The van der Waals surface area contributed by atoms with Crippen molar-refractivity contribution in [3.05, 3.63) is 53.6 Å². The minimum atomic E-state index is -0.814. The molecule has 1 unspecified atom stereocenters. The molecule has 2 nitrogen and oxygen atoms in total. The molecular formula is C18H24O2. The maximum Gasteiger partial charge on any atom is 0.331 e. The fraction of sp³-hybridized carbons (Fsp3) is 0.389. The number of carboxylic acid groups (broad SMARTS) is 1. The fourth-order valence-electron chi connectivity index (χ4n) is 2.10. The van der Waals surface area contributed by atoms with Gasteiger partial charge < -0.3 is 5.11 Å². The van der Waals surface area contributed by atoms with E-state index in [4.69, 9.17) is 0 Å². The molecule has 1 atom stereocenters. The monoisotopic (exact) mass is 272 g/mol. The van der Waals surface area contributed by atoms with Crippen molar-refractivity contribution in [1.82, 2.24) is 0 Å². The van der Waals surface area contributed by atoms with Gasteiger partial charge in [0.15, 0.2) is 0 Å². The maximum atomic E-state index is 11.2. The quantitative estimate of drug-likeness (QED) is 0.538. The Morgan fingerprint density at radius 1 is 1.30 bits per heavy atom. The number of allylic oxidation sites excluding steroid dienone is 2. The molecule has 0 aliphatic rings. The third-order valence-corrected chi connectivity index (χ3v) is 3.28. The minimum absolute atomic E-state index is 0.419. The molecule has 108 valence electrons. The molecule has 0 aromatic heterocycles. The van der Waals surface area contributed by atoms with Crippen LogP contribution in [0.1, 0.15) is 45.1 Å².